The van der Waals surface area contributed by atoms with Crippen molar-refractivity contribution in [1.29, 1.82) is 0 Å². The molecule has 0 atom stereocenters. The van der Waals surface area contributed by atoms with Crippen LogP contribution in [-0.2, 0) is 11.3 Å². The fourth-order valence-electron chi connectivity index (χ4n) is 2.22. The third-order valence-corrected chi connectivity index (χ3v) is 3.19. The zero-order chi connectivity index (χ0) is 15.7. The Hall–Kier alpha value is -1.80. The molecular weight excluding hydrogens is 312 g/mol. The van der Waals surface area contributed by atoms with E-state index in [1.807, 2.05) is 0 Å². The van der Waals surface area contributed by atoms with Gasteiger partial charge >= 0.3 is 35.5 Å². The molecule has 0 amide bonds. The molecule has 0 radical (unpaired) electrons. The third-order valence-electron chi connectivity index (χ3n) is 3.19. The fraction of sp³-hybridized carbons (Fsp3) is 0.133. The zero-order valence-electron chi connectivity index (χ0n) is 13.7. The van der Waals surface area contributed by atoms with Gasteiger partial charge in [0.1, 0.15) is 11.4 Å². The molecule has 3 aromatic rings. The number of hydrogen-bond donors (Lipinski definition) is 1. The predicted molar refractivity (Wildman–Crippen MR) is 77.2 cm³/mol. The Balaban J connectivity index is 0.00000144. The summed E-state index contributed by atoms with van der Waals surface area (Å²) in [6.07, 6.45) is 1.24. The predicted octanol–water partition coefficient (Wildman–Crippen LogP) is -0.504. The van der Waals surface area contributed by atoms with E-state index >= 15 is 0 Å². The number of fused-ring (bicyclic) bond motifs is 1. The van der Waals surface area contributed by atoms with Gasteiger partial charge in [-0.2, -0.15) is 5.10 Å². The molecule has 3 rings (SSSR count). The number of ether oxygens (including phenoxy) is 1. The number of rotatable bonds is 4. The monoisotopic (exact) mass is 325 g/mol. The summed E-state index contributed by atoms with van der Waals surface area (Å²) in [4.78, 5) is 15.6. The topological polar surface area (TPSA) is 76.7 Å². The number of hydrogen-bond acceptors (Lipinski definition) is 4. The standard InChI is InChI=1S/C15H12FN3O3.Na.H/c1-22-8-11-6-13(9-3-2-4-10(16)5-9)18-14-12(15(20)21)7-17-19(11)14;;/h2-7H,8H2,1H3,(H,20,21);;/q;+1;-1. The van der Waals surface area contributed by atoms with Crippen LogP contribution in [0.25, 0.3) is 16.9 Å². The molecule has 8 heteroatoms. The van der Waals surface area contributed by atoms with Crippen LogP contribution in [0, 0.1) is 5.82 Å². The average Bonchev–Trinajstić information content (AvgIpc) is 2.91. The first-order valence-corrected chi connectivity index (χ1v) is 6.46. The quantitative estimate of drug-likeness (QED) is 0.654. The SMILES string of the molecule is COCc1cc(-c2cccc(F)c2)nc2c(C(=O)O)cnn12.[H-].[Na+]. The van der Waals surface area contributed by atoms with Crippen molar-refractivity contribution < 1.29 is 50.0 Å². The van der Waals surface area contributed by atoms with E-state index in [2.05, 4.69) is 10.1 Å². The molecule has 0 aliphatic rings. The van der Waals surface area contributed by atoms with Crippen molar-refractivity contribution in [2.75, 3.05) is 7.11 Å². The maximum atomic E-state index is 13.4. The normalized spacial score (nSPS) is 10.5. The Bertz CT molecular complexity index is 872. The number of carbonyl (C=O) groups is 1. The molecule has 1 N–H and O–H groups in total. The van der Waals surface area contributed by atoms with E-state index in [-0.39, 0.29) is 54.6 Å². The van der Waals surface area contributed by atoms with Gasteiger partial charge < -0.3 is 11.3 Å². The van der Waals surface area contributed by atoms with E-state index < -0.39 is 5.97 Å². The third kappa shape index (κ3) is 3.42. The maximum absolute atomic E-state index is 13.4. The number of halogens is 1. The van der Waals surface area contributed by atoms with Crippen molar-refractivity contribution in [3.8, 4) is 11.3 Å². The summed E-state index contributed by atoms with van der Waals surface area (Å²) < 4.78 is 19.9. The van der Waals surface area contributed by atoms with Gasteiger partial charge in [0, 0.05) is 12.7 Å². The number of benzene rings is 1. The maximum Gasteiger partial charge on any atom is 1.00 e. The van der Waals surface area contributed by atoms with Gasteiger partial charge in [-0.05, 0) is 18.2 Å². The van der Waals surface area contributed by atoms with Crippen molar-refractivity contribution in [3.05, 3.63) is 53.6 Å². The van der Waals surface area contributed by atoms with Crippen LogP contribution in [0.2, 0.25) is 0 Å². The molecule has 0 saturated heterocycles. The summed E-state index contributed by atoms with van der Waals surface area (Å²) in [6.45, 7) is 0.224. The average molecular weight is 325 g/mol. The van der Waals surface area contributed by atoms with Crippen LogP contribution in [-0.4, -0.2) is 32.8 Å². The van der Waals surface area contributed by atoms with Crippen LogP contribution >= 0.6 is 0 Å². The Morgan fingerprint density at radius 2 is 2.22 bits per heavy atom. The van der Waals surface area contributed by atoms with Crippen LogP contribution in [0.5, 0.6) is 0 Å². The Morgan fingerprint density at radius 3 is 2.87 bits per heavy atom. The number of aromatic carboxylic acids is 1. The van der Waals surface area contributed by atoms with Gasteiger partial charge in [0.25, 0.3) is 0 Å². The molecule has 0 bridgehead atoms. The number of carboxylic acids is 1. The van der Waals surface area contributed by atoms with Crippen molar-refractivity contribution in [2.24, 2.45) is 0 Å². The summed E-state index contributed by atoms with van der Waals surface area (Å²) in [5.74, 6) is -1.51. The molecule has 0 aliphatic carbocycles. The number of nitrogens with zero attached hydrogens (tertiary/aromatic N) is 3. The van der Waals surface area contributed by atoms with E-state index in [4.69, 9.17) is 4.74 Å². The van der Waals surface area contributed by atoms with E-state index in [9.17, 15) is 14.3 Å². The second kappa shape index (κ2) is 7.18. The van der Waals surface area contributed by atoms with Gasteiger partial charge in [-0.1, -0.05) is 12.1 Å². The van der Waals surface area contributed by atoms with Crippen molar-refractivity contribution >= 4 is 11.6 Å². The largest absolute Gasteiger partial charge is 1.00 e. The molecule has 1 aromatic carbocycles. The second-order valence-electron chi connectivity index (χ2n) is 4.67. The van der Waals surface area contributed by atoms with Gasteiger partial charge in [0.15, 0.2) is 5.65 Å². The second-order valence-corrected chi connectivity index (χ2v) is 4.67. The minimum atomic E-state index is -1.12. The molecule has 2 heterocycles. The molecule has 2 aromatic heterocycles. The Labute approximate surface area is 154 Å². The van der Waals surface area contributed by atoms with E-state index in [0.717, 1.165) is 0 Å². The van der Waals surface area contributed by atoms with Crippen LogP contribution < -0.4 is 29.6 Å². The number of aromatic nitrogens is 3. The fourth-order valence-corrected chi connectivity index (χ4v) is 2.22. The minimum Gasteiger partial charge on any atom is -1.00 e. The summed E-state index contributed by atoms with van der Waals surface area (Å²) in [5.41, 5.74) is 1.82. The van der Waals surface area contributed by atoms with Gasteiger partial charge in [0.05, 0.1) is 24.2 Å². The molecule has 6 nitrogen and oxygen atoms in total. The van der Waals surface area contributed by atoms with Gasteiger partial charge in [0.2, 0.25) is 0 Å². The number of carboxylic acid groups (broad SMARTS) is 1. The van der Waals surface area contributed by atoms with Crippen LogP contribution in [0.15, 0.2) is 36.5 Å². The molecule has 23 heavy (non-hydrogen) atoms. The Morgan fingerprint density at radius 1 is 1.43 bits per heavy atom. The van der Waals surface area contributed by atoms with E-state index in [1.54, 1.807) is 18.2 Å². The van der Waals surface area contributed by atoms with Crippen LogP contribution in [0.4, 0.5) is 4.39 Å². The summed E-state index contributed by atoms with van der Waals surface area (Å²) in [6, 6.07) is 7.64. The first-order chi connectivity index (χ1) is 10.6. The van der Waals surface area contributed by atoms with E-state index in [1.165, 1.54) is 30.0 Å². The molecule has 0 fully saturated rings. The molecule has 0 unspecified atom stereocenters. The summed E-state index contributed by atoms with van der Waals surface area (Å²) in [7, 11) is 1.52. The van der Waals surface area contributed by atoms with Crippen molar-refractivity contribution in [2.45, 2.75) is 6.61 Å². The summed E-state index contributed by atoms with van der Waals surface area (Å²) >= 11 is 0. The first-order valence-electron chi connectivity index (χ1n) is 6.46. The molecule has 0 aliphatic heterocycles. The van der Waals surface area contributed by atoms with Crippen molar-refractivity contribution in [1.82, 2.24) is 14.6 Å². The van der Waals surface area contributed by atoms with Gasteiger partial charge in [-0.25, -0.2) is 18.7 Å². The molecular formula is C15H13FN3NaO3. The van der Waals surface area contributed by atoms with Crippen molar-refractivity contribution in [3.63, 3.8) is 0 Å². The molecule has 0 spiro atoms. The van der Waals surface area contributed by atoms with Crippen LogP contribution in [0.3, 0.4) is 0 Å². The van der Waals surface area contributed by atoms with Gasteiger partial charge in [-0.15, -0.1) is 0 Å². The smallest absolute Gasteiger partial charge is 1.00 e. The number of methoxy groups -OCH3 is 1. The summed E-state index contributed by atoms with van der Waals surface area (Å²) in [5, 5.41) is 13.2. The zero-order valence-corrected chi connectivity index (χ0v) is 14.7. The molecule has 114 valence electrons. The minimum absolute atomic E-state index is 0. The van der Waals surface area contributed by atoms with Gasteiger partial charge in [-0.3, -0.25) is 0 Å². The Kier molecular flexibility index (Phi) is 5.48. The van der Waals surface area contributed by atoms with Crippen LogP contribution in [0.1, 0.15) is 17.5 Å². The first kappa shape index (κ1) is 17.6. The molecule has 0 saturated carbocycles. The van der Waals surface area contributed by atoms with E-state index in [0.29, 0.717) is 17.0 Å².